The maximum absolute atomic E-state index is 5.99. The van der Waals surface area contributed by atoms with Crippen LogP contribution in [0, 0.1) is 0 Å². The molecule has 0 unspecified atom stereocenters. The van der Waals surface area contributed by atoms with Gasteiger partial charge in [-0.15, -0.1) is 0 Å². The van der Waals surface area contributed by atoms with Gasteiger partial charge in [0.05, 0.1) is 12.7 Å². The number of ether oxygens (including phenoxy) is 3. The van der Waals surface area contributed by atoms with Crippen molar-refractivity contribution in [3.05, 3.63) is 54.1 Å². The van der Waals surface area contributed by atoms with Crippen LogP contribution in [0.1, 0.15) is 18.5 Å². The largest absolute Gasteiger partial charge is 0.496 e. The molecule has 4 nitrogen and oxygen atoms in total. The second-order valence-corrected chi connectivity index (χ2v) is 4.67. The lowest BCUT2D eigenvalue weighted by Crippen LogP contribution is -2.13. The fourth-order valence-corrected chi connectivity index (χ4v) is 2.10. The molecule has 0 radical (unpaired) electrons. The first-order valence-electron chi connectivity index (χ1n) is 6.95. The minimum atomic E-state index is -0.161. The molecular weight excluding hydrogens is 266 g/mol. The van der Waals surface area contributed by atoms with Gasteiger partial charge in [-0.2, -0.15) is 0 Å². The van der Waals surface area contributed by atoms with Gasteiger partial charge in [0.25, 0.3) is 0 Å². The van der Waals surface area contributed by atoms with Crippen LogP contribution in [-0.4, -0.2) is 20.3 Å². The van der Waals surface area contributed by atoms with E-state index in [1.54, 1.807) is 7.11 Å². The van der Waals surface area contributed by atoms with Crippen LogP contribution in [0.5, 0.6) is 17.2 Å². The Morgan fingerprint density at radius 2 is 1.57 bits per heavy atom. The highest BCUT2D eigenvalue weighted by molar-refractivity contribution is 5.46. The molecule has 2 N–H and O–H groups in total. The number of nitrogens with two attached hydrogens (primary N) is 1. The van der Waals surface area contributed by atoms with Crippen molar-refractivity contribution in [3.8, 4) is 17.2 Å². The second-order valence-electron chi connectivity index (χ2n) is 4.67. The highest BCUT2D eigenvalue weighted by Crippen LogP contribution is 2.32. The molecule has 0 amide bonds. The summed E-state index contributed by atoms with van der Waals surface area (Å²) in [4.78, 5) is 0. The Hall–Kier alpha value is -2.20. The van der Waals surface area contributed by atoms with Crippen LogP contribution in [0.25, 0.3) is 0 Å². The molecule has 21 heavy (non-hydrogen) atoms. The molecule has 0 aromatic heterocycles. The van der Waals surface area contributed by atoms with Gasteiger partial charge < -0.3 is 19.9 Å². The molecule has 0 aliphatic rings. The monoisotopic (exact) mass is 287 g/mol. The summed E-state index contributed by atoms with van der Waals surface area (Å²) >= 11 is 0. The van der Waals surface area contributed by atoms with Crippen molar-refractivity contribution in [2.24, 2.45) is 5.73 Å². The smallest absolute Gasteiger partial charge is 0.127 e. The zero-order chi connectivity index (χ0) is 15.1. The predicted octanol–water partition coefficient (Wildman–Crippen LogP) is 3.17. The zero-order valence-electron chi connectivity index (χ0n) is 12.4. The summed E-state index contributed by atoms with van der Waals surface area (Å²) in [7, 11) is 1.63. The molecule has 1 atom stereocenters. The quantitative estimate of drug-likeness (QED) is 0.795. The molecule has 0 aliphatic heterocycles. The van der Waals surface area contributed by atoms with Crippen molar-refractivity contribution < 1.29 is 14.2 Å². The van der Waals surface area contributed by atoms with E-state index in [0.717, 1.165) is 22.8 Å². The topological polar surface area (TPSA) is 53.7 Å². The van der Waals surface area contributed by atoms with E-state index in [2.05, 4.69) is 0 Å². The minimum Gasteiger partial charge on any atom is -0.496 e. The number of methoxy groups -OCH3 is 1. The van der Waals surface area contributed by atoms with Crippen LogP contribution in [0.15, 0.2) is 48.5 Å². The first-order valence-corrected chi connectivity index (χ1v) is 6.95. The Labute approximate surface area is 125 Å². The van der Waals surface area contributed by atoms with E-state index in [4.69, 9.17) is 19.9 Å². The molecule has 0 saturated carbocycles. The average Bonchev–Trinajstić information content (AvgIpc) is 2.52. The number of para-hydroxylation sites is 1. The highest BCUT2D eigenvalue weighted by atomic mass is 16.5. The van der Waals surface area contributed by atoms with E-state index in [1.807, 2.05) is 55.5 Å². The summed E-state index contributed by atoms with van der Waals surface area (Å²) in [5, 5.41) is 0. The molecule has 2 rings (SSSR count). The van der Waals surface area contributed by atoms with Gasteiger partial charge in [0.1, 0.15) is 30.5 Å². The van der Waals surface area contributed by atoms with E-state index in [-0.39, 0.29) is 6.04 Å². The molecule has 0 heterocycles. The summed E-state index contributed by atoms with van der Waals surface area (Å²) in [6, 6.07) is 15.2. The number of hydrogen-bond acceptors (Lipinski definition) is 4. The van der Waals surface area contributed by atoms with Crippen molar-refractivity contribution in [1.29, 1.82) is 0 Å². The molecule has 2 aromatic carbocycles. The second kappa shape index (κ2) is 7.55. The van der Waals surface area contributed by atoms with E-state index >= 15 is 0 Å². The fraction of sp³-hybridized carbons (Fsp3) is 0.294. The van der Waals surface area contributed by atoms with Gasteiger partial charge in [0, 0.05) is 6.04 Å². The zero-order valence-corrected chi connectivity index (χ0v) is 12.4. The van der Waals surface area contributed by atoms with Gasteiger partial charge in [-0.1, -0.05) is 24.3 Å². The van der Waals surface area contributed by atoms with E-state index in [1.165, 1.54) is 0 Å². The van der Waals surface area contributed by atoms with Crippen molar-refractivity contribution >= 4 is 0 Å². The standard InChI is InChI=1S/C17H21NO3/c1-13(18)17-15(19-2)9-6-10-16(17)21-12-11-20-14-7-4-3-5-8-14/h3-10,13H,11-12,18H2,1-2H3/t13-/m1/s1. The minimum absolute atomic E-state index is 0.161. The van der Waals surface area contributed by atoms with E-state index < -0.39 is 0 Å². The Morgan fingerprint density at radius 1 is 0.905 bits per heavy atom. The molecule has 0 bridgehead atoms. The van der Waals surface area contributed by atoms with Gasteiger partial charge in [-0.05, 0) is 31.2 Å². The van der Waals surface area contributed by atoms with Crippen LogP contribution >= 0.6 is 0 Å². The molecular formula is C17H21NO3. The molecule has 2 aromatic rings. The molecule has 0 aliphatic carbocycles. The third-order valence-electron chi connectivity index (χ3n) is 3.05. The van der Waals surface area contributed by atoms with Crippen molar-refractivity contribution in [2.45, 2.75) is 13.0 Å². The van der Waals surface area contributed by atoms with Crippen LogP contribution in [0.3, 0.4) is 0 Å². The molecule has 0 fully saturated rings. The van der Waals surface area contributed by atoms with Crippen molar-refractivity contribution in [2.75, 3.05) is 20.3 Å². The van der Waals surface area contributed by atoms with Gasteiger partial charge >= 0.3 is 0 Å². The van der Waals surface area contributed by atoms with Gasteiger partial charge in [-0.3, -0.25) is 0 Å². The number of rotatable bonds is 7. The lowest BCUT2D eigenvalue weighted by Gasteiger charge is -2.17. The third-order valence-corrected chi connectivity index (χ3v) is 3.05. The molecule has 112 valence electrons. The predicted molar refractivity (Wildman–Crippen MR) is 83.0 cm³/mol. The van der Waals surface area contributed by atoms with Gasteiger partial charge in [-0.25, -0.2) is 0 Å². The number of benzene rings is 2. The first-order chi connectivity index (χ1) is 10.2. The van der Waals surface area contributed by atoms with Crippen molar-refractivity contribution in [3.63, 3.8) is 0 Å². The first kappa shape index (κ1) is 15.2. The van der Waals surface area contributed by atoms with Gasteiger partial charge in [0.15, 0.2) is 0 Å². The Bertz CT molecular complexity index is 555. The van der Waals surface area contributed by atoms with Gasteiger partial charge in [0.2, 0.25) is 0 Å². The molecule has 4 heteroatoms. The summed E-state index contributed by atoms with van der Waals surface area (Å²) in [5.74, 6) is 2.31. The maximum atomic E-state index is 5.99. The Morgan fingerprint density at radius 3 is 2.24 bits per heavy atom. The summed E-state index contributed by atoms with van der Waals surface area (Å²) in [6.45, 7) is 2.83. The Kier molecular flexibility index (Phi) is 5.46. The lowest BCUT2D eigenvalue weighted by atomic mass is 10.1. The van der Waals surface area contributed by atoms with Crippen LogP contribution in [0.4, 0.5) is 0 Å². The molecule has 0 spiro atoms. The molecule has 0 saturated heterocycles. The van der Waals surface area contributed by atoms with Crippen molar-refractivity contribution in [1.82, 2.24) is 0 Å². The summed E-state index contributed by atoms with van der Waals surface area (Å²) in [5.41, 5.74) is 6.87. The highest BCUT2D eigenvalue weighted by Gasteiger charge is 2.14. The van der Waals surface area contributed by atoms with Crippen LogP contribution < -0.4 is 19.9 Å². The normalized spacial score (nSPS) is 11.8. The Balaban J connectivity index is 1.94. The summed E-state index contributed by atoms with van der Waals surface area (Å²) < 4.78 is 16.7. The SMILES string of the molecule is COc1cccc(OCCOc2ccccc2)c1[C@@H](C)N. The summed E-state index contributed by atoms with van der Waals surface area (Å²) in [6.07, 6.45) is 0. The number of hydrogen-bond donors (Lipinski definition) is 1. The van der Waals surface area contributed by atoms with E-state index in [9.17, 15) is 0 Å². The third kappa shape index (κ3) is 4.13. The lowest BCUT2D eigenvalue weighted by molar-refractivity contribution is 0.214. The van der Waals surface area contributed by atoms with Crippen LogP contribution in [-0.2, 0) is 0 Å². The maximum Gasteiger partial charge on any atom is 0.127 e. The van der Waals surface area contributed by atoms with E-state index in [0.29, 0.717) is 13.2 Å². The van der Waals surface area contributed by atoms with Crippen LogP contribution in [0.2, 0.25) is 0 Å². The average molecular weight is 287 g/mol. The fourth-order valence-electron chi connectivity index (χ4n) is 2.10.